The van der Waals surface area contributed by atoms with E-state index in [4.69, 9.17) is 4.74 Å². The summed E-state index contributed by atoms with van der Waals surface area (Å²) in [5.74, 6) is -0.343. The topological polar surface area (TPSA) is 29.5 Å². The van der Waals surface area contributed by atoms with Crippen molar-refractivity contribution < 1.29 is 14.2 Å². The molecule has 3 heteroatoms. The van der Waals surface area contributed by atoms with Gasteiger partial charge < -0.3 is 9.84 Å². The Bertz CT molecular complexity index is 327. The van der Waals surface area contributed by atoms with E-state index in [0.717, 1.165) is 6.42 Å². The van der Waals surface area contributed by atoms with Crippen LogP contribution in [0.1, 0.15) is 31.7 Å². The molecule has 0 aliphatic rings. The van der Waals surface area contributed by atoms with Gasteiger partial charge in [-0.2, -0.15) is 0 Å². The number of halogens is 1. The van der Waals surface area contributed by atoms with Gasteiger partial charge in [0.05, 0.1) is 5.60 Å². The molecule has 0 bridgehead atoms. The molecule has 1 atom stereocenters. The van der Waals surface area contributed by atoms with Gasteiger partial charge in [-0.05, 0) is 25.3 Å². The maximum Gasteiger partial charge on any atom is 0.129 e. The average Bonchev–Trinajstić information content (AvgIpc) is 2.30. The molecule has 1 N–H and O–H groups in total. The van der Waals surface area contributed by atoms with Gasteiger partial charge in [-0.15, -0.1) is 0 Å². The molecule has 1 aromatic rings. The van der Waals surface area contributed by atoms with E-state index in [1.54, 1.807) is 25.3 Å². The van der Waals surface area contributed by atoms with Crippen LogP contribution in [0.3, 0.4) is 0 Å². The van der Waals surface area contributed by atoms with Crippen molar-refractivity contribution in [2.24, 2.45) is 0 Å². The fourth-order valence-corrected chi connectivity index (χ4v) is 1.85. The second-order valence-electron chi connectivity index (χ2n) is 3.96. The van der Waals surface area contributed by atoms with E-state index in [9.17, 15) is 9.50 Å². The number of ether oxygens (including phenoxy) is 1. The molecule has 0 heterocycles. The van der Waals surface area contributed by atoms with Crippen LogP contribution in [-0.4, -0.2) is 18.8 Å². The van der Waals surface area contributed by atoms with E-state index in [2.05, 4.69) is 0 Å². The van der Waals surface area contributed by atoms with E-state index in [-0.39, 0.29) is 5.82 Å². The molecule has 0 fully saturated rings. The third-order valence-electron chi connectivity index (χ3n) is 2.90. The average molecular weight is 226 g/mol. The standard InChI is InChI=1S/C13H19FO2/c1-3-13(15,9-6-10-16-2)11-7-4-5-8-12(11)14/h4-5,7-8,15H,3,6,9-10H2,1-2H3. The van der Waals surface area contributed by atoms with Crippen LogP contribution in [-0.2, 0) is 10.3 Å². The first-order valence-electron chi connectivity index (χ1n) is 5.60. The van der Waals surface area contributed by atoms with Gasteiger partial charge in [0.25, 0.3) is 0 Å². The maximum absolute atomic E-state index is 13.6. The number of hydrogen-bond acceptors (Lipinski definition) is 2. The van der Waals surface area contributed by atoms with Gasteiger partial charge in [0.1, 0.15) is 5.82 Å². The lowest BCUT2D eigenvalue weighted by molar-refractivity contribution is 0.0115. The summed E-state index contributed by atoms with van der Waals surface area (Å²) in [6.45, 7) is 2.44. The summed E-state index contributed by atoms with van der Waals surface area (Å²) in [7, 11) is 1.62. The number of benzene rings is 1. The Morgan fingerprint density at radius 3 is 2.62 bits per heavy atom. The van der Waals surface area contributed by atoms with Crippen molar-refractivity contribution in [2.75, 3.05) is 13.7 Å². The van der Waals surface area contributed by atoms with Crippen LogP contribution < -0.4 is 0 Å². The Hall–Kier alpha value is -0.930. The summed E-state index contributed by atoms with van der Waals surface area (Å²) < 4.78 is 18.5. The molecule has 90 valence electrons. The minimum absolute atomic E-state index is 0.343. The number of hydrogen-bond donors (Lipinski definition) is 1. The van der Waals surface area contributed by atoms with Crippen molar-refractivity contribution in [3.05, 3.63) is 35.6 Å². The minimum Gasteiger partial charge on any atom is -0.385 e. The lowest BCUT2D eigenvalue weighted by Gasteiger charge is -2.27. The highest BCUT2D eigenvalue weighted by atomic mass is 19.1. The normalized spacial score (nSPS) is 14.8. The van der Waals surface area contributed by atoms with Gasteiger partial charge in [0.15, 0.2) is 0 Å². The quantitative estimate of drug-likeness (QED) is 0.756. The van der Waals surface area contributed by atoms with Crippen LogP contribution in [0.25, 0.3) is 0 Å². The van der Waals surface area contributed by atoms with Crippen molar-refractivity contribution in [3.8, 4) is 0 Å². The van der Waals surface area contributed by atoms with E-state index in [1.807, 2.05) is 6.92 Å². The van der Waals surface area contributed by atoms with Gasteiger partial charge >= 0.3 is 0 Å². The molecule has 0 aliphatic carbocycles. The Kier molecular flexibility index (Phi) is 4.90. The molecule has 0 spiro atoms. The van der Waals surface area contributed by atoms with E-state index < -0.39 is 5.60 Å². The molecule has 16 heavy (non-hydrogen) atoms. The summed E-state index contributed by atoms with van der Waals surface area (Å²) in [4.78, 5) is 0. The fourth-order valence-electron chi connectivity index (χ4n) is 1.85. The lowest BCUT2D eigenvalue weighted by atomic mass is 9.86. The van der Waals surface area contributed by atoms with E-state index in [1.165, 1.54) is 6.07 Å². The van der Waals surface area contributed by atoms with Crippen molar-refractivity contribution in [1.82, 2.24) is 0 Å². The molecular formula is C13H19FO2. The van der Waals surface area contributed by atoms with Gasteiger partial charge in [0, 0.05) is 19.3 Å². The van der Waals surface area contributed by atoms with E-state index >= 15 is 0 Å². The Morgan fingerprint density at radius 2 is 2.06 bits per heavy atom. The highest BCUT2D eigenvalue weighted by Crippen LogP contribution is 2.31. The maximum atomic E-state index is 13.6. The summed E-state index contributed by atoms with van der Waals surface area (Å²) in [5, 5.41) is 10.4. The second-order valence-corrected chi connectivity index (χ2v) is 3.96. The third kappa shape index (κ3) is 3.03. The van der Waals surface area contributed by atoms with Crippen LogP contribution in [0, 0.1) is 5.82 Å². The molecule has 0 amide bonds. The first-order chi connectivity index (χ1) is 7.64. The van der Waals surface area contributed by atoms with Crippen molar-refractivity contribution >= 4 is 0 Å². The second kappa shape index (κ2) is 5.97. The van der Waals surface area contributed by atoms with Crippen molar-refractivity contribution in [2.45, 2.75) is 31.8 Å². The van der Waals surface area contributed by atoms with Gasteiger partial charge in [0.2, 0.25) is 0 Å². The SMILES string of the molecule is CCC(O)(CCCOC)c1ccccc1F. The largest absolute Gasteiger partial charge is 0.385 e. The van der Waals surface area contributed by atoms with Crippen molar-refractivity contribution in [3.63, 3.8) is 0 Å². The molecule has 0 saturated heterocycles. The highest BCUT2D eigenvalue weighted by Gasteiger charge is 2.29. The summed E-state index contributed by atoms with van der Waals surface area (Å²) in [6.07, 6.45) is 1.73. The minimum atomic E-state index is -1.08. The number of rotatable bonds is 6. The fraction of sp³-hybridized carbons (Fsp3) is 0.538. The summed E-state index contributed by atoms with van der Waals surface area (Å²) in [5.41, 5.74) is -0.697. The molecule has 0 aliphatic heterocycles. The molecule has 1 rings (SSSR count). The molecule has 1 aromatic carbocycles. The highest BCUT2D eigenvalue weighted by molar-refractivity contribution is 5.24. The zero-order chi connectivity index (χ0) is 12.0. The van der Waals surface area contributed by atoms with Gasteiger partial charge in [-0.25, -0.2) is 4.39 Å². The smallest absolute Gasteiger partial charge is 0.129 e. The molecule has 0 saturated carbocycles. The first kappa shape index (κ1) is 13.1. The Morgan fingerprint density at radius 1 is 1.38 bits per heavy atom. The summed E-state index contributed by atoms with van der Waals surface area (Å²) >= 11 is 0. The van der Waals surface area contributed by atoms with E-state index in [0.29, 0.717) is 25.0 Å². The zero-order valence-corrected chi connectivity index (χ0v) is 9.87. The third-order valence-corrected chi connectivity index (χ3v) is 2.90. The lowest BCUT2D eigenvalue weighted by Crippen LogP contribution is -2.26. The van der Waals surface area contributed by atoms with Crippen LogP contribution in [0.5, 0.6) is 0 Å². The molecular weight excluding hydrogens is 207 g/mol. The summed E-state index contributed by atoms with van der Waals surface area (Å²) in [6, 6.07) is 6.40. The molecule has 0 radical (unpaired) electrons. The molecule has 0 aromatic heterocycles. The number of aliphatic hydroxyl groups is 1. The number of methoxy groups -OCH3 is 1. The Labute approximate surface area is 96.1 Å². The van der Waals surface area contributed by atoms with Crippen LogP contribution in [0.4, 0.5) is 4.39 Å². The predicted octanol–water partition coefficient (Wildman–Crippen LogP) is 2.85. The van der Waals surface area contributed by atoms with Crippen LogP contribution in [0.15, 0.2) is 24.3 Å². The van der Waals surface area contributed by atoms with Gasteiger partial charge in [-0.1, -0.05) is 25.1 Å². The predicted molar refractivity (Wildman–Crippen MR) is 61.7 cm³/mol. The first-order valence-corrected chi connectivity index (χ1v) is 5.60. The monoisotopic (exact) mass is 226 g/mol. The zero-order valence-electron chi connectivity index (χ0n) is 9.87. The van der Waals surface area contributed by atoms with Crippen molar-refractivity contribution in [1.29, 1.82) is 0 Å². The van der Waals surface area contributed by atoms with Crippen LogP contribution in [0.2, 0.25) is 0 Å². The molecule has 2 nitrogen and oxygen atoms in total. The molecule has 1 unspecified atom stereocenters. The van der Waals surface area contributed by atoms with Crippen LogP contribution >= 0.6 is 0 Å². The van der Waals surface area contributed by atoms with Gasteiger partial charge in [-0.3, -0.25) is 0 Å². The Balaban J connectivity index is 2.83.